The summed E-state index contributed by atoms with van der Waals surface area (Å²) in [5, 5.41) is 0. The van der Waals surface area contributed by atoms with Gasteiger partial charge in [-0.3, -0.25) is 0 Å². The fourth-order valence-corrected chi connectivity index (χ4v) is 5.32. The summed E-state index contributed by atoms with van der Waals surface area (Å²) in [6.45, 7) is 15.0. The van der Waals surface area contributed by atoms with Crippen LogP contribution in [0, 0.1) is 0 Å². The van der Waals surface area contributed by atoms with Gasteiger partial charge in [0.05, 0.1) is 0 Å². The molecule has 2 heteroatoms. The van der Waals surface area contributed by atoms with Crippen LogP contribution in [-0.2, 0) is 0 Å². The van der Waals surface area contributed by atoms with Crippen LogP contribution in [0.5, 0.6) is 0 Å². The second-order valence-corrected chi connectivity index (χ2v) is 8.53. The highest BCUT2D eigenvalue weighted by Gasteiger charge is 2.28. The molecule has 0 aliphatic carbocycles. The maximum atomic E-state index is 3.88. The van der Waals surface area contributed by atoms with Gasteiger partial charge in [0, 0.05) is 0 Å². The number of hydrogen-bond donors (Lipinski definition) is 1. The molecule has 0 atom stereocenters. The van der Waals surface area contributed by atoms with E-state index in [1.165, 1.54) is 19.3 Å². The summed E-state index contributed by atoms with van der Waals surface area (Å²) in [7, 11) is -1.45. The van der Waals surface area contributed by atoms with Crippen molar-refractivity contribution in [3.05, 3.63) is 38.0 Å². The summed E-state index contributed by atoms with van der Waals surface area (Å²) in [5.41, 5.74) is 0. The highest BCUT2D eigenvalue weighted by molar-refractivity contribution is 6.78. The summed E-state index contributed by atoms with van der Waals surface area (Å²) in [4.78, 5) is 3.80. The number of nitrogens with one attached hydrogen (secondary N) is 1. The quantitative estimate of drug-likeness (QED) is 0.321. The van der Waals surface area contributed by atoms with Crippen LogP contribution in [0.25, 0.3) is 0 Å². The van der Waals surface area contributed by atoms with Gasteiger partial charge in [-0.2, -0.15) is 0 Å². The van der Waals surface area contributed by atoms with E-state index in [2.05, 4.69) is 31.6 Å². The minimum atomic E-state index is -1.45. The zero-order chi connectivity index (χ0) is 12.3. The predicted molar refractivity (Wildman–Crippen MR) is 78.3 cm³/mol. The fourth-order valence-electron chi connectivity index (χ4n) is 2.02. The molecule has 0 rings (SSSR count). The van der Waals surface area contributed by atoms with Crippen LogP contribution in [-0.4, -0.2) is 14.8 Å². The van der Waals surface area contributed by atoms with Gasteiger partial charge in [0.2, 0.25) is 0 Å². The third-order valence-electron chi connectivity index (χ3n) is 2.89. The Morgan fingerprint density at radius 2 is 1.44 bits per heavy atom. The van der Waals surface area contributed by atoms with Gasteiger partial charge in [-0.25, -0.2) is 0 Å². The second kappa shape index (κ2) is 9.61. The Bertz CT molecular complexity index is 184. The molecule has 0 saturated carbocycles. The number of hydrogen-bond acceptors (Lipinski definition) is 1. The first-order valence-corrected chi connectivity index (χ1v) is 8.94. The minimum absolute atomic E-state index is 1.11. The molecule has 0 amide bonds. The molecule has 0 unspecified atom stereocenters. The molecule has 92 valence electrons. The van der Waals surface area contributed by atoms with Crippen LogP contribution < -0.4 is 4.98 Å². The van der Waals surface area contributed by atoms with Gasteiger partial charge in [0.1, 0.15) is 8.24 Å². The zero-order valence-corrected chi connectivity index (χ0v) is 11.8. The van der Waals surface area contributed by atoms with Crippen molar-refractivity contribution < 1.29 is 0 Å². The maximum Gasteiger partial charge on any atom is 0.137 e. The topological polar surface area (TPSA) is 12.0 Å². The van der Waals surface area contributed by atoms with Crippen molar-refractivity contribution in [1.82, 2.24) is 4.98 Å². The second-order valence-electron chi connectivity index (χ2n) is 4.39. The van der Waals surface area contributed by atoms with Gasteiger partial charge in [-0.15, -0.1) is 19.7 Å². The van der Waals surface area contributed by atoms with Crippen molar-refractivity contribution in [2.75, 3.05) is 6.54 Å². The predicted octanol–water partition coefficient (Wildman–Crippen LogP) is 4.27. The van der Waals surface area contributed by atoms with Crippen molar-refractivity contribution in [2.45, 2.75) is 44.3 Å². The molecule has 1 nitrogen and oxygen atoms in total. The third-order valence-corrected chi connectivity index (χ3v) is 7.10. The van der Waals surface area contributed by atoms with Crippen LogP contribution in [0.3, 0.4) is 0 Å². The van der Waals surface area contributed by atoms with E-state index >= 15 is 0 Å². The molecule has 1 N–H and O–H groups in total. The molecule has 0 aromatic carbocycles. The third kappa shape index (κ3) is 6.08. The average Bonchev–Trinajstić information content (AvgIpc) is 2.26. The largest absolute Gasteiger partial charge is 0.336 e. The molecule has 16 heavy (non-hydrogen) atoms. The zero-order valence-electron chi connectivity index (χ0n) is 10.8. The van der Waals surface area contributed by atoms with Gasteiger partial charge in [-0.1, -0.05) is 38.0 Å². The molecule has 0 spiro atoms. The summed E-state index contributed by atoms with van der Waals surface area (Å²) >= 11 is 0. The summed E-state index contributed by atoms with van der Waals surface area (Å²) < 4.78 is 0. The van der Waals surface area contributed by atoms with Gasteiger partial charge in [0.15, 0.2) is 0 Å². The molecule has 0 aromatic rings. The summed E-state index contributed by atoms with van der Waals surface area (Å²) in [5.74, 6) is 0. The Kier molecular flexibility index (Phi) is 9.25. The Hall–Kier alpha value is -0.603. The molecule has 0 fully saturated rings. The molecular weight excluding hydrogens is 210 g/mol. The normalized spacial score (nSPS) is 11.1. The maximum absolute atomic E-state index is 3.88. The lowest BCUT2D eigenvalue weighted by atomic mass is 10.3. The van der Waals surface area contributed by atoms with E-state index in [1.807, 2.05) is 18.2 Å². The number of allylic oxidation sites excluding steroid dienone is 3. The van der Waals surface area contributed by atoms with E-state index in [0.29, 0.717) is 0 Å². The Morgan fingerprint density at radius 1 is 0.938 bits per heavy atom. The number of rotatable bonds is 11. The Morgan fingerprint density at radius 3 is 1.81 bits per heavy atom. The molecular formula is C14H27NSi. The lowest BCUT2D eigenvalue weighted by Crippen LogP contribution is -2.49. The molecule has 0 aromatic heterocycles. The van der Waals surface area contributed by atoms with Crippen molar-refractivity contribution in [1.29, 1.82) is 0 Å². The van der Waals surface area contributed by atoms with Crippen molar-refractivity contribution >= 4 is 8.24 Å². The highest BCUT2D eigenvalue weighted by Crippen LogP contribution is 2.19. The first-order valence-electron chi connectivity index (χ1n) is 6.32. The Labute approximate surface area is 102 Å². The van der Waals surface area contributed by atoms with Gasteiger partial charge < -0.3 is 4.98 Å². The van der Waals surface area contributed by atoms with E-state index in [9.17, 15) is 0 Å². The molecule has 0 aliphatic heterocycles. The summed E-state index contributed by atoms with van der Waals surface area (Å²) in [6, 6.07) is 3.32. The van der Waals surface area contributed by atoms with E-state index in [4.69, 9.17) is 0 Å². The van der Waals surface area contributed by atoms with E-state index in [1.54, 1.807) is 0 Å². The van der Waals surface area contributed by atoms with Crippen molar-refractivity contribution in [2.24, 2.45) is 0 Å². The lowest BCUT2D eigenvalue weighted by Gasteiger charge is -2.29. The monoisotopic (exact) mass is 237 g/mol. The first kappa shape index (κ1) is 15.4. The van der Waals surface area contributed by atoms with Crippen LogP contribution in [0.15, 0.2) is 38.0 Å². The Balaban J connectivity index is 4.28. The van der Waals surface area contributed by atoms with Gasteiger partial charge in [0.25, 0.3) is 0 Å². The van der Waals surface area contributed by atoms with E-state index in [0.717, 1.165) is 24.7 Å². The van der Waals surface area contributed by atoms with Crippen LogP contribution in [0.2, 0.25) is 18.1 Å². The first-order chi connectivity index (χ1) is 7.74. The molecule has 0 bridgehead atoms. The van der Waals surface area contributed by atoms with Gasteiger partial charge >= 0.3 is 0 Å². The smallest absolute Gasteiger partial charge is 0.137 e. The van der Waals surface area contributed by atoms with Crippen molar-refractivity contribution in [3.8, 4) is 0 Å². The van der Waals surface area contributed by atoms with Crippen LogP contribution in [0.1, 0.15) is 26.2 Å². The summed E-state index contributed by atoms with van der Waals surface area (Å²) in [6.07, 6.45) is 10.0. The molecule has 0 heterocycles. The molecule has 0 aliphatic rings. The van der Waals surface area contributed by atoms with Crippen LogP contribution in [0.4, 0.5) is 0 Å². The van der Waals surface area contributed by atoms with Gasteiger partial charge in [-0.05, 0) is 31.1 Å². The fraction of sp³-hybridized carbons (Fsp3) is 0.571. The van der Waals surface area contributed by atoms with E-state index < -0.39 is 8.24 Å². The van der Waals surface area contributed by atoms with Crippen LogP contribution >= 0.6 is 0 Å². The molecule has 0 radical (unpaired) electrons. The standard InChI is InChI=1S/C14H27NSi/c1-5-9-10-11-15-16(12-6-2,13-7-3)14-8-4/h6-8,15H,2-5,9-14H2,1H3. The highest BCUT2D eigenvalue weighted by atomic mass is 28.3. The van der Waals surface area contributed by atoms with Crippen molar-refractivity contribution in [3.63, 3.8) is 0 Å². The average molecular weight is 237 g/mol. The molecule has 0 saturated heterocycles. The lowest BCUT2D eigenvalue weighted by molar-refractivity contribution is 0.692. The van der Waals surface area contributed by atoms with E-state index in [-0.39, 0.29) is 0 Å². The number of unbranched alkanes of at least 4 members (excludes halogenated alkanes) is 2. The minimum Gasteiger partial charge on any atom is -0.336 e. The SMILES string of the molecule is C=CC[Si](CC=C)(CC=C)NCCCCC.